The van der Waals surface area contributed by atoms with Crippen molar-refractivity contribution in [1.82, 2.24) is 0 Å². The first-order valence-electron chi connectivity index (χ1n) is 5.05. The molecule has 16 heavy (non-hydrogen) atoms. The average molecular weight is 287 g/mol. The van der Waals surface area contributed by atoms with E-state index < -0.39 is 5.97 Å². The van der Waals surface area contributed by atoms with Crippen molar-refractivity contribution < 1.29 is 15.0 Å². The number of hydrogen-bond donors (Lipinski definition) is 2. The summed E-state index contributed by atoms with van der Waals surface area (Å²) >= 11 is 3.30. The first-order chi connectivity index (χ1) is 7.34. The Morgan fingerprint density at radius 3 is 2.56 bits per heavy atom. The molecule has 88 valence electrons. The summed E-state index contributed by atoms with van der Waals surface area (Å²) in [6.45, 7) is 5.52. The number of aryl methyl sites for hydroxylation is 1. The number of halogens is 1. The van der Waals surface area contributed by atoms with Gasteiger partial charge in [0.2, 0.25) is 0 Å². The Morgan fingerprint density at radius 1 is 1.50 bits per heavy atom. The fourth-order valence-corrected chi connectivity index (χ4v) is 2.19. The summed E-state index contributed by atoms with van der Waals surface area (Å²) in [5.74, 6) is -0.727. The van der Waals surface area contributed by atoms with Gasteiger partial charge >= 0.3 is 5.97 Å². The van der Waals surface area contributed by atoms with Gasteiger partial charge in [-0.05, 0) is 52.4 Å². The molecule has 2 N–H and O–H groups in total. The molecule has 0 fully saturated rings. The molecule has 4 heteroatoms. The number of rotatable bonds is 3. The zero-order valence-corrected chi connectivity index (χ0v) is 11.1. The van der Waals surface area contributed by atoms with E-state index in [1.54, 1.807) is 6.92 Å². The molecule has 0 aliphatic rings. The number of benzene rings is 1. The lowest BCUT2D eigenvalue weighted by Crippen LogP contribution is -2.05. The molecule has 0 aromatic heterocycles. The van der Waals surface area contributed by atoms with Gasteiger partial charge in [0.25, 0.3) is 0 Å². The van der Waals surface area contributed by atoms with E-state index >= 15 is 0 Å². The maximum Gasteiger partial charge on any atom is 0.303 e. The highest BCUT2D eigenvalue weighted by Gasteiger charge is 2.17. The van der Waals surface area contributed by atoms with Crippen LogP contribution in [0, 0.1) is 13.8 Å². The van der Waals surface area contributed by atoms with Gasteiger partial charge in [-0.15, -0.1) is 0 Å². The van der Waals surface area contributed by atoms with Crippen molar-refractivity contribution >= 4 is 21.9 Å². The zero-order chi connectivity index (χ0) is 12.5. The van der Waals surface area contributed by atoms with Crippen molar-refractivity contribution in [1.29, 1.82) is 0 Å². The van der Waals surface area contributed by atoms with Crippen LogP contribution in [-0.4, -0.2) is 16.2 Å². The van der Waals surface area contributed by atoms with Crippen molar-refractivity contribution in [3.8, 4) is 5.75 Å². The van der Waals surface area contributed by atoms with Gasteiger partial charge in [0, 0.05) is 0 Å². The van der Waals surface area contributed by atoms with Gasteiger partial charge in [0.05, 0.1) is 10.9 Å². The molecule has 0 bridgehead atoms. The lowest BCUT2D eigenvalue weighted by molar-refractivity contribution is -0.137. The lowest BCUT2D eigenvalue weighted by Gasteiger charge is -2.16. The number of carboxylic acid groups (broad SMARTS) is 1. The summed E-state index contributed by atoms with van der Waals surface area (Å²) in [6, 6.07) is 1.92. The molecule has 0 saturated heterocycles. The van der Waals surface area contributed by atoms with Crippen molar-refractivity contribution in [2.45, 2.75) is 33.1 Å². The number of aromatic hydroxyl groups is 1. The Kier molecular flexibility index (Phi) is 3.97. The normalized spacial score (nSPS) is 12.5. The van der Waals surface area contributed by atoms with Crippen molar-refractivity contribution in [3.63, 3.8) is 0 Å². The minimum absolute atomic E-state index is 0.0708. The van der Waals surface area contributed by atoms with Gasteiger partial charge in [-0.1, -0.05) is 13.0 Å². The van der Waals surface area contributed by atoms with E-state index in [1.807, 2.05) is 19.9 Å². The lowest BCUT2D eigenvalue weighted by atomic mass is 9.92. The Hall–Kier alpha value is -1.03. The van der Waals surface area contributed by atoms with Gasteiger partial charge in [-0.3, -0.25) is 4.79 Å². The average Bonchev–Trinajstić information content (AvgIpc) is 2.19. The van der Waals surface area contributed by atoms with E-state index in [2.05, 4.69) is 15.9 Å². The predicted octanol–water partition coefficient (Wildman–Crippen LogP) is 3.35. The molecule has 1 atom stereocenters. The minimum atomic E-state index is -0.827. The highest BCUT2D eigenvalue weighted by molar-refractivity contribution is 9.10. The molecule has 1 aromatic carbocycles. The number of hydrogen-bond acceptors (Lipinski definition) is 2. The fraction of sp³-hybridized carbons (Fsp3) is 0.417. The first-order valence-corrected chi connectivity index (χ1v) is 5.84. The summed E-state index contributed by atoms with van der Waals surface area (Å²) in [4.78, 5) is 10.7. The van der Waals surface area contributed by atoms with Crippen LogP contribution in [-0.2, 0) is 4.79 Å². The first kappa shape index (κ1) is 13.0. The van der Waals surface area contributed by atoms with Crippen LogP contribution < -0.4 is 0 Å². The van der Waals surface area contributed by atoms with E-state index in [1.165, 1.54) is 0 Å². The molecule has 0 aliphatic heterocycles. The second kappa shape index (κ2) is 4.87. The van der Waals surface area contributed by atoms with Gasteiger partial charge in [0.1, 0.15) is 5.75 Å². The molecule has 0 heterocycles. The minimum Gasteiger partial charge on any atom is -0.506 e. The van der Waals surface area contributed by atoms with Crippen molar-refractivity contribution in [3.05, 3.63) is 27.2 Å². The smallest absolute Gasteiger partial charge is 0.303 e. The highest BCUT2D eigenvalue weighted by Crippen LogP contribution is 2.36. The number of aliphatic carboxylic acids is 1. The maximum atomic E-state index is 10.7. The third-order valence-corrected chi connectivity index (χ3v) is 3.73. The van der Waals surface area contributed by atoms with Crippen LogP contribution in [0.2, 0.25) is 0 Å². The number of phenols is 1. The van der Waals surface area contributed by atoms with Gasteiger partial charge in [-0.2, -0.15) is 0 Å². The standard InChI is InChI=1S/C12H15BrO3/c1-6(5-10(14)15)9-4-7(2)11(13)12(16)8(9)3/h4,6,16H,5H2,1-3H3,(H,14,15). The van der Waals surface area contributed by atoms with Gasteiger partial charge in [-0.25, -0.2) is 0 Å². The fourth-order valence-electron chi connectivity index (χ4n) is 1.78. The van der Waals surface area contributed by atoms with Gasteiger partial charge in [0.15, 0.2) is 0 Å². The van der Waals surface area contributed by atoms with E-state index in [-0.39, 0.29) is 18.1 Å². The zero-order valence-electron chi connectivity index (χ0n) is 9.54. The van der Waals surface area contributed by atoms with E-state index in [0.717, 1.165) is 16.7 Å². The van der Waals surface area contributed by atoms with Crippen LogP contribution in [0.1, 0.15) is 36.0 Å². The third-order valence-electron chi connectivity index (χ3n) is 2.73. The van der Waals surface area contributed by atoms with Crippen LogP contribution in [0.4, 0.5) is 0 Å². The Balaban J connectivity index is 3.19. The van der Waals surface area contributed by atoms with E-state index in [4.69, 9.17) is 5.11 Å². The van der Waals surface area contributed by atoms with Crippen molar-refractivity contribution in [2.75, 3.05) is 0 Å². The Bertz CT molecular complexity index is 427. The highest BCUT2D eigenvalue weighted by atomic mass is 79.9. The molecule has 0 amide bonds. The second-order valence-corrected chi connectivity index (χ2v) is 4.86. The van der Waals surface area contributed by atoms with E-state index in [0.29, 0.717) is 4.47 Å². The summed E-state index contributed by atoms with van der Waals surface area (Å²) in [6.07, 6.45) is 0.0708. The van der Waals surface area contributed by atoms with E-state index in [9.17, 15) is 9.90 Å². The summed E-state index contributed by atoms with van der Waals surface area (Å²) in [5.41, 5.74) is 2.54. The third kappa shape index (κ3) is 2.55. The molecule has 1 rings (SSSR count). The van der Waals surface area contributed by atoms with Gasteiger partial charge < -0.3 is 10.2 Å². The van der Waals surface area contributed by atoms with Crippen LogP contribution in [0.25, 0.3) is 0 Å². The summed E-state index contributed by atoms with van der Waals surface area (Å²) < 4.78 is 0.677. The van der Waals surface area contributed by atoms with Crippen LogP contribution in [0.5, 0.6) is 5.75 Å². The van der Waals surface area contributed by atoms with Crippen LogP contribution in [0.15, 0.2) is 10.5 Å². The molecule has 1 unspecified atom stereocenters. The molecule has 0 radical (unpaired) electrons. The quantitative estimate of drug-likeness (QED) is 0.896. The molecule has 0 saturated carbocycles. The largest absolute Gasteiger partial charge is 0.506 e. The Morgan fingerprint density at radius 2 is 2.06 bits per heavy atom. The van der Waals surface area contributed by atoms with Crippen molar-refractivity contribution in [2.24, 2.45) is 0 Å². The molecule has 0 spiro atoms. The topological polar surface area (TPSA) is 57.5 Å². The van der Waals surface area contributed by atoms with Crippen LogP contribution >= 0.6 is 15.9 Å². The molecule has 3 nitrogen and oxygen atoms in total. The molecular formula is C12H15BrO3. The number of carboxylic acids is 1. The predicted molar refractivity (Wildman–Crippen MR) is 65.9 cm³/mol. The molecule has 0 aliphatic carbocycles. The summed E-state index contributed by atoms with van der Waals surface area (Å²) in [5, 5.41) is 18.6. The molecule has 1 aromatic rings. The SMILES string of the molecule is Cc1cc(C(C)CC(=O)O)c(C)c(O)c1Br. The number of phenolic OH excluding ortho intramolecular Hbond substituents is 1. The van der Waals surface area contributed by atoms with Crippen LogP contribution in [0.3, 0.4) is 0 Å². The maximum absolute atomic E-state index is 10.7. The monoisotopic (exact) mass is 286 g/mol. The number of carbonyl (C=O) groups is 1. The Labute approximate surface area is 103 Å². The second-order valence-electron chi connectivity index (χ2n) is 4.07. The summed E-state index contributed by atoms with van der Waals surface area (Å²) in [7, 11) is 0. The molecular weight excluding hydrogens is 272 g/mol.